The van der Waals surface area contributed by atoms with Gasteiger partial charge in [0.15, 0.2) is 12.3 Å². The molecule has 1 aromatic heterocycles. The van der Waals surface area contributed by atoms with Gasteiger partial charge in [-0.3, -0.25) is 25.2 Å². The lowest BCUT2D eigenvalue weighted by Gasteiger charge is -2.11. The van der Waals surface area contributed by atoms with Crippen LogP contribution in [0.5, 0.6) is 5.75 Å². The van der Waals surface area contributed by atoms with Gasteiger partial charge in [-0.25, -0.2) is 4.68 Å². The molecular weight excluding hydrogens is 384 g/mol. The van der Waals surface area contributed by atoms with E-state index in [9.17, 15) is 14.4 Å². The van der Waals surface area contributed by atoms with Gasteiger partial charge in [0.2, 0.25) is 0 Å². The predicted octanol–water partition coefficient (Wildman–Crippen LogP) is 1.91. The number of ether oxygens (including phenoxy) is 1. The highest BCUT2D eigenvalue weighted by atomic mass is 35.5. The Balaban J connectivity index is 1.69. The molecule has 28 heavy (non-hydrogen) atoms. The number of rotatable bonds is 5. The molecule has 2 aromatic carbocycles. The van der Waals surface area contributed by atoms with E-state index in [1.807, 2.05) is 0 Å². The van der Waals surface area contributed by atoms with Gasteiger partial charge in [0.1, 0.15) is 5.75 Å². The predicted molar refractivity (Wildman–Crippen MR) is 104 cm³/mol. The summed E-state index contributed by atoms with van der Waals surface area (Å²) >= 11 is 5.85. The van der Waals surface area contributed by atoms with Gasteiger partial charge in [-0.05, 0) is 31.2 Å². The minimum Gasteiger partial charge on any atom is -0.484 e. The summed E-state index contributed by atoms with van der Waals surface area (Å²) in [6.45, 7) is 1.74. The summed E-state index contributed by atoms with van der Waals surface area (Å²) in [5.74, 6) is -0.785. The maximum absolute atomic E-state index is 12.5. The van der Waals surface area contributed by atoms with Crippen LogP contribution in [0.25, 0.3) is 10.8 Å². The minimum atomic E-state index is -0.644. The van der Waals surface area contributed by atoms with Gasteiger partial charge in [-0.1, -0.05) is 35.9 Å². The minimum absolute atomic E-state index is 0.0353. The molecule has 144 valence electrons. The van der Waals surface area contributed by atoms with Crippen molar-refractivity contribution in [1.82, 2.24) is 20.6 Å². The Hall–Kier alpha value is -3.39. The van der Waals surface area contributed by atoms with Crippen molar-refractivity contribution in [1.29, 1.82) is 0 Å². The Morgan fingerprint density at radius 2 is 1.86 bits per heavy atom. The number of hydrogen-bond acceptors (Lipinski definition) is 5. The Morgan fingerprint density at radius 3 is 2.57 bits per heavy atom. The summed E-state index contributed by atoms with van der Waals surface area (Å²) in [6, 6.07) is 13.3. The first-order chi connectivity index (χ1) is 13.5. The molecule has 3 aromatic rings. The van der Waals surface area contributed by atoms with Gasteiger partial charge in [0, 0.05) is 17.0 Å². The number of halogens is 1. The van der Waals surface area contributed by atoms with E-state index in [0.717, 1.165) is 0 Å². The molecule has 2 N–H and O–H groups in total. The standard InChI is InChI=1S/C19H17ClN4O4/c1-2-24-19(27)15-9-4-3-8-14(15)17(23-24)18(26)22-21-16(25)11-28-13-7-5-6-12(20)10-13/h3-10H,2,11H2,1H3,(H,21,25)(H,22,26). The summed E-state index contributed by atoms with van der Waals surface area (Å²) in [4.78, 5) is 36.7. The second-order valence-electron chi connectivity index (χ2n) is 5.76. The lowest BCUT2D eigenvalue weighted by molar-refractivity contribution is -0.123. The third-order valence-electron chi connectivity index (χ3n) is 3.86. The average Bonchev–Trinajstić information content (AvgIpc) is 2.71. The molecule has 0 unspecified atom stereocenters. The van der Waals surface area contributed by atoms with Crippen LogP contribution in [-0.2, 0) is 11.3 Å². The van der Waals surface area contributed by atoms with Gasteiger partial charge < -0.3 is 4.74 Å². The van der Waals surface area contributed by atoms with Gasteiger partial charge in [0.25, 0.3) is 17.4 Å². The number of aromatic nitrogens is 2. The smallest absolute Gasteiger partial charge is 0.290 e. The molecule has 0 spiro atoms. The maximum atomic E-state index is 12.5. The van der Waals surface area contributed by atoms with Crippen molar-refractivity contribution in [3.63, 3.8) is 0 Å². The molecule has 8 nitrogen and oxygen atoms in total. The van der Waals surface area contributed by atoms with Gasteiger partial charge in [0.05, 0.1) is 5.39 Å². The van der Waals surface area contributed by atoms with Gasteiger partial charge >= 0.3 is 0 Å². The number of hydrogen-bond donors (Lipinski definition) is 2. The number of aryl methyl sites for hydroxylation is 1. The maximum Gasteiger partial charge on any atom is 0.290 e. The molecule has 0 saturated carbocycles. The summed E-state index contributed by atoms with van der Waals surface area (Å²) in [5, 5.41) is 5.35. The van der Waals surface area contributed by atoms with E-state index < -0.39 is 11.8 Å². The van der Waals surface area contributed by atoms with Crippen LogP contribution in [0.3, 0.4) is 0 Å². The van der Waals surface area contributed by atoms with E-state index in [1.54, 1.807) is 55.5 Å². The Bertz CT molecular complexity index is 1100. The lowest BCUT2D eigenvalue weighted by Crippen LogP contribution is -2.44. The molecule has 0 aliphatic rings. The third-order valence-corrected chi connectivity index (χ3v) is 4.10. The number of nitrogens with one attached hydrogen (secondary N) is 2. The SMILES string of the molecule is CCn1nc(C(=O)NNC(=O)COc2cccc(Cl)c2)c2ccccc2c1=O. The zero-order valence-corrected chi connectivity index (χ0v) is 15.7. The van der Waals surface area contributed by atoms with Crippen LogP contribution < -0.4 is 21.1 Å². The van der Waals surface area contributed by atoms with E-state index in [-0.39, 0.29) is 17.9 Å². The van der Waals surface area contributed by atoms with Gasteiger partial charge in [-0.15, -0.1) is 0 Å². The van der Waals surface area contributed by atoms with E-state index in [1.165, 1.54) is 4.68 Å². The van der Waals surface area contributed by atoms with Crippen molar-refractivity contribution in [3.05, 3.63) is 69.6 Å². The van der Waals surface area contributed by atoms with Crippen LogP contribution in [0, 0.1) is 0 Å². The zero-order valence-electron chi connectivity index (χ0n) is 14.9. The molecule has 2 amide bonds. The summed E-state index contributed by atoms with van der Waals surface area (Å²) in [6.07, 6.45) is 0. The number of carbonyl (C=O) groups is 2. The van der Waals surface area contributed by atoms with Crippen LogP contribution in [0.2, 0.25) is 5.02 Å². The molecule has 3 rings (SSSR count). The summed E-state index contributed by atoms with van der Waals surface area (Å²) < 4.78 is 6.50. The zero-order chi connectivity index (χ0) is 20.1. The van der Waals surface area contributed by atoms with E-state index >= 15 is 0 Å². The second-order valence-corrected chi connectivity index (χ2v) is 6.20. The first-order valence-corrected chi connectivity index (χ1v) is 8.84. The van der Waals surface area contributed by atoms with Crippen LogP contribution in [-0.4, -0.2) is 28.2 Å². The quantitative estimate of drug-likeness (QED) is 0.637. The van der Waals surface area contributed by atoms with Crippen LogP contribution >= 0.6 is 11.6 Å². The van der Waals surface area contributed by atoms with Crippen LogP contribution in [0.15, 0.2) is 53.3 Å². The van der Waals surface area contributed by atoms with E-state index in [0.29, 0.717) is 28.1 Å². The molecule has 0 atom stereocenters. The largest absolute Gasteiger partial charge is 0.484 e. The van der Waals surface area contributed by atoms with Crippen molar-refractivity contribution in [2.75, 3.05) is 6.61 Å². The number of amides is 2. The van der Waals surface area contributed by atoms with Crippen molar-refractivity contribution < 1.29 is 14.3 Å². The Labute approximate surface area is 165 Å². The topological polar surface area (TPSA) is 102 Å². The highest BCUT2D eigenvalue weighted by Crippen LogP contribution is 2.17. The van der Waals surface area contributed by atoms with Crippen LogP contribution in [0.1, 0.15) is 17.4 Å². The Kier molecular flexibility index (Phi) is 5.90. The normalized spacial score (nSPS) is 10.5. The molecule has 0 aliphatic carbocycles. The number of fused-ring (bicyclic) bond motifs is 1. The van der Waals surface area contributed by atoms with Crippen molar-refractivity contribution in [3.8, 4) is 5.75 Å². The highest BCUT2D eigenvalue weighted by molar-refractivity contribution is 6.30. The van der Waals surface area contributed by atoms with Gasteiger partial charge in [-0.2, -0.15) is 5.10 Å². The highest BCUT2D eigenvalue weighted by Gasteiger charge is 2.16. The number of nitrogens with zero attached hydrogens (tertiary/aromatic N) is 2. The summed E-state index contributed by atoms with van der Waals surface area (Å²) in [7, 11) is 0. The van der Waals surface area contributed by atoms with E-state index in [4.69, 9.17) is 16.3 Å². The number of hydrazine groups is 1. The average molecular weight is 401 g/mol. The molecule has 9 heteroatoms. The lowest BCUT2D eigenvalue weighted by atomic mass is 10.1. The van der Waals surface area contributed by atoms with Crippen molar-refractivity contribution in [2.24, 2.45) is 0 Å². The molecule has 0 fully saturated rings. The fourth-order valence-corrected chi connectivity index (χ4v) is 2.72. The molecule has 0 saturated heterocycles. The molecular formula is C19H17ClN4O4. The molecule has 0 bridgehead atoms. The first kappa shape index (κ1) is 19.4. The van der Waals surface area contributed by atoms with Crippen molar-refractivity contribution >= 4 is 34.2 Å². The summed E-state index contributed by atoms with van der Waals surface area (Å²) in [5.41, 5.74) is 4.30. The monoisotopic (exact) mass is 400 g/mol. The third kappa shape index (κ3) is 4.29. The second kappa shape index (κ2) is 8.53. The molecule has 0 aliphatic heterocycles. The molecule has 0 radical (unpaired) electrons. The fourth-order valence-electron chi connectivity index (χ4n) is 2.54. The van der Waals surface area contributed by atoms with E-state index in [2.05, 4.69) is 16.0 Å². The Morgan fingerprint density at radius 1 is 1.11 bits per heavy atom. The number of benzene rings is 2. The number of carbonyl (C=O) groups excluding carboxylic acids is 2. The molecule has 1 heterocycles. The van der Waals surface area contributed by atoms with Crippen molar-refractivity contribution in [2.45, 2.75) is 13.5 Å². The first-order valence-electron chi connectivity index (χ1n) is 8.47. The fraction of sp³-hybridized carbons (Fsp3) is 0.158. The van der Waals surface area contributed by atoms with Crippen LogP contribution in [0.4, 0.5) is 0 Å².